The highest BCUT2D eigenvalue weighted by atomic mass is 35.5. The molecular weight excluding hydrogens is 465 g/mol. The van der Waals surface area contributed by atoms with E-state index in [1.54, 1.807) is 0 Å². The molecule has 0 aromatic heterocycles. The third-order valence-corrected chi connectivity index (χ3v) is 5.69. The van der Waals surface area contributed by atoms with Gasteiger partial charge in [0.2, 0.25) is 6.54 Å². The molecule has 0 aliphatic carbocycles. The maximum absolute atomic E-state index is 10.6. The molecule has 34 heavy (non-hydrogen) atoms. The van der Waals surface area contributed by atoms with E-state index >= 15 is 0 Å². The largest absolute Gasteiger partial charge is 0.498 e. The van der Waals surface area contributed by atoms with Gasteiger partial charge in [-0.2, -0.15) is 0 Å². The van der Waals surface area contributed by atoms with E-state index in [1.165, 1.54) is 0 Å². The fourth-order valence-corrected chi connectivity index (χ4v) is 4.34. The number of nitrogens with two attached hydrogens (primary N) is 1. The van der Waals surface area contributed by atoms with Crippen molar-refractivity contribution in [3.05, 3.63) is 57.6 Å². The van der Waals surface area contributed by atoms with Crippen LogP contribution in [-0.4, -0.2) is 58.7 Å². The first-order chi connectivity index (χ1) is 15.7. The first-order valence-electron chi connectivity index (χ1n) is 10.5. The highest BCUT2D eigenvalue weighted by Crippen LogP contribution is 2.30. The SMILES string of the molecule is C.Cl.NCC1OB2OCCOc3cccc1c32.O=[N+]([O-])CC1OB2OCCOc3cccc1c32. The Labute approximate surface area is 204 Å². The number of nitro groups is 1. The molecule has 0 amide bonds. The Morgan fingerprint density at radius 1 is 0.882 bits per heavy atom. The van der Waals surface area contributed by atoms with Crippen LogP contribution in [0.25, 0.3) is 0 Å². The van der Waals surface area contributed by atoms with Gasteiger partial charge in [0.1, 0.15) is 30.8 Å². The van der Waals surface area contributed by atoms with E-state index < -0.39 is 13.2 Å². The van der Waals surface area contributed by atoms with Crippen LogP contribution < -0.4 is 26.1 Å². The van der Waals surface area contributed by atoms with Gasteiger partial charge in [0.05, 0.1) is 19.3 Å². The van der Waals surface area contributed by atoms with Crippen LogP contribution in [0.2, 0.25) is 0 Å². The van der Waals surface area contributed by atoms with Crippen molar-refractivity contribution in [2.24, 2.45) is 5.73 Å². The topological polar surface area (TPSA) is 125 Å². The van der Waals surface area contributed by atoms with E-state index in [2.05, 4.69) is 0 Å². The standard InChI is InChI=1S/C10H10BNO5.C10H12BNO3.CH4.ClH/c13-12(14)6-9-7-2-1-3-8-10(7)11(17-9)16-5-4-15-8;12-6-9-7-2-1-3-8-10(7)11(15-9)14-5-4-13-8;;/h1-3,9H,4-6H2;1-3,9H,4-6,12H2;1H4;1H. The van der Waals surface area contributed by atoms with E-state index in [4.69, 9.17) is 33.8 Å². The number of benzene rings is 2. The quantitative estimate of drug-likeness (QED) is 0.380. The van der Waals surface area contributed by atoms with Crippen molar-refractivity contribution in [3.8, 4) is 11.5 Å². The Balaban J connectivity index is 0.000000181. The number of rotatable bonds is 3. The van der Waals surface area contributed by atoms with Gasteiger partial charge in [-0.3, -0.25) is 10.1 Å². The van der Waals surface area contributed by atoms with E-state index in [1.807, 2.05) is 36.4 Å². The molecule has 2 N–H and O–H groups in total. The fraction of sp³-hybridized carbons (Fsp3) is 0.429. The Morgan fingerprint density at radius 2 is 1.38 bits per heavy atom. The summed E-state index contributed by atoms with van der Waals surface area (Å²) in [6, 6.07) is 11.4. The zero-order chi connectivity index (χ0) is 22.1. The van der Waals surface area contributed by atoms with Gasteiger partial charge >= 0.3 is 14.2 Å². The van der Waals surface area contributed by atoms with Crippen molar-refractivity contribution in [1.82, 2.24) is 0 Å². The van der Waals surface area contributed by atoms with Crippen molar-refractivity contribution >= 4 is 37.6 Å². The van der Waals surface area contributed by atoms with Crippen molar-refractivity contribution in [2.75, 3.05) is 39.5 Å². The predicted octanol–water partition coefficient (Wildman–Crippen LogP) is 1.02. The van der Waals surface area contributed by atoms with Crippen LogP contribution in [0, 0.1) is 10.1 Å². The molecule has 0 fully saturated rings. The molecule has 0 spiro atoms. The lowest BCUT2D eigenvalue weighted by Crippen LogP contribution is -2.31. The zero-order valence-electron chi connectivity index (χ0n) is 17.7. The first-order valence-corrected chi connectivity index (χ1v) is 10.5. The molecule has 10 nitrogen and oxygen atoms in total. The lowest BCUT2D eigenvalue weighted by atomic mass is 9.78. The molecule has 0 bridgehead atoms. The molecule has 0 radical (unpaired) electrons. The van der Waals surface area contributed by atoms with Gasteiger partial charge in [-0.15, -0.1) is 12.4 Å². The molecule has 6 rings (SSSR count). The van der Waals surface area contributed by atoms with Crippen molar-refractivity contribution in [1.29, 1.82) is 0 Å². The van der Waals surface area contributed by atoms with Gasteiger partial charge in [-0.1, -0.05) is 31.7 Å². The summed E-state index contributed by atoms with van der Waals surface area (Å²) in [5.41, 5.74) is 9.37. The van der Waals surface area contributed by atoms with Crippen LogP contribution >= 0.6 is 12.4 Å². The van der Waals surface area contributed by atoms with Crippen LogP contribution in [0.3, 0.4) is 0 Å². The molecular formula is C21H27B2ClN2O8. The average molecular weight is 493 g/mol. The molecule has 4 aliphatic heterocycles. The van der Waals surface area contributed by atoms with Crippen LogP contribution in [0.1, 0.15) is 30.8 Å². The smallest absolute Gasteiger partial charge is 0.492 e. The predicted molar refractivity (Wildman–Crippen MR) is 129 cm³/mol. The molecule has 4 aliphatic rings. The summed E-state index contributed by atoms with van der Waals surface area (Å²) in [5, 5.41) is 10.6. The Kier molecular flexibility index (Phi) is 8.80. The lowest BCUT2D eigenvalue weighted by molar-refractivity contribution is -0.490. The van der Waals surface area contributed by atoms with E-state index in [9.17, 15) is 10.1 Å². The molecule has 2 atom stereocenters. The fourth-order valence-electron chi connectivity index (χ4n) is 4.34. The monoisotopic (exact) mass is 492 g/mol. The summed E-state index contributed by atoms with van der Waals surface area (Å²) < 4.78 is 33.4. The maximum Gasteiger partial charge on any atom is 0.498 e. The second-order valence-electron chi connectivity index (χ2n) is 7.62. The average Bonchev–Trinajstić information content (AvgIpc) is 3.14. The van der Waals surface area contributed by atoms with Crippen molar-refractivity contribution in [3.63, 3.8) is 0 Å². The van der Waals surface area contributed by atoms with Gasteiger partial charge in [0, 0.05) is 22.4 Å². The minimum atomic E-state index is -0.549. The summed E-state index contributed by atoms with van der Waals surface area (Å²) in [4.78, 5) is 10.2. The van der Waals surface area contributed by atoms with Crippen LogP contribution in [-0.2, 0) is 18.6 Å². The summed E-state index contributed by atoms with van der Waals surface area (Å²) >= 11 is 0. The normalized spacial score (nSPS) is 21.1. The van der Waals surface area contributed by atoms with Crippen LogP contribution in [0.5, 0.6) is 11.5 Å². The van der Waals surface area contributed by atoms with Gasteiger partial charge in [-0.25, -0.2) is 0 Å². The first kappa shape index (κ1) is 26.3. The Bertz CT molecular complexity index is 1020. The third kappa shape index (κ3) is 5.02. The number of nitrogens with zero attached hydrogens (tertiary/aromatic N) is 1. The molecule has 0 saturated carbocycles. The number of ether oxygens (including phenoxy) is 2. The third-order valence-electron chi connectivity index (χ3n) is 5.69. The van der Waals surface area contributed by atoms with Gasteiger partial charge in [-0.05, 0) is 23.3 Å². The summed E-state index contributed by atoms with van der Waals surface area (Å²) in [6.07, 6.45) is -0.613. The second-order valence-corrected chi connectivity index (χ2v) is 7.62. The van der Waals surface area contributed by atoms with Crippen molar-refractivity contribution in [2.45, 2.75) is 19.6 Å². The zero-order valence-corrected chi connectivity index (χ0v) is 18.5. The molecule has 13 heteroatoms. The molecule has 2 aromatic carbocycles. The lowest BCUT2D eigenvalue weighted by Gasteiger charge is -2.11. The van der Waals surface area contributed by atoms with Gasteiger partial charge < -0.3 is 33.8 Å². The van der Waals surface area contributed by atoms with Crippen LogP contribution in [0.4, 0.5) is 0 Å². The molecule has 2 unspecified atom stereocenters. The molecule has 4 heterocycles. The van der Waals surface area contributed by atoms with Crippen LogP contribution in [0.15, 0.2) is 36.4 Å². The second kappa shape index (κ2) is 11.4. The molecule has 0 saturated heterocycles. The minimum absolute atomic E-state index is 0. The molecule has 2 aromatic rings. The minimum Gasteiger partial charge on any atom is -0.492 e. The van der Waals surface area contributed by atoms with Gasteiger partial charge in [0.15, 0.2) is 0 Å². The molecule has 182 valence electrons. The summed E-state index contributed by atoms with van der Waals surface area (Å²) in [5.74, 6) is 1.57. The van der Waals surface area contributed by atoms with E-state index in [0.29, 0.717) is 38.7 Å². The Hall–Kier alpha value is -2.34. The number of halogens is 1. The number of hydrogen-bond donors (Lipinski definition) is 1. The maximum atomic E-state index is 10.6. The summed E-state index contributed by atoms with van der Waals surface area (Å²) in [7, 11) is -0.833. The van der Waals surface area contributed by atoms with E-state index in [-0.39, 0.29) is 44.5 Å². The Morgan fingerprint density at radius 3 is 1.88 bits per heavy atom. The van der Waals surface area contributed by atoms with Gasteiger partial charge in [0.25, 0.3) is 0 Å². The highest BCUT2D eigenvalue weighted by molar-refractivity contribution is 6.64. The highest BCUT2D eigenvalue weighted by Gasteiger charge is 2.43. The number of hydrogen-bond acceptors (Lipinski definition) is 9. The van der Waals surface area contributed by atoms with E-state index in [0.717, 1.165) is 27.8 Å². The summed E-state index contributed by atoms with van der Waals surface area (Å²) in [6.45, 7) is 2.23. The van der Waals surface area contributed by atoms with Crippen molar-refractivity contribution < 1.29 is 33.0 Å².